The van der Waals surface area contributed by atoms with Gasteiger partial charge in [-0.15, -0.1) is 11.3 Å². The third kappa shape index (κ3) is 3.82. The van der Waals surface area contributed by atoms with Crippen molar-refractivity contribution in [1.82, 2.24) is 0 Å². The fourth-order valence-electron chi connectivity index (χ4n) is 1.51. The maximum atomic E-state index is 12.9. The Labute approximate surface area is 123 Å². The minimum atomic E-state index is -1.01. The highest BCUT2D eigenvalue weighted by atomic mass is 35.5. The first-order valence-electron chi connectivity index (χ1n) is 5.61. The lowest BCUT2D eigenvalue weighted by atomic mass is 10.2. The van der Waals surface area contributed by atoms with E-state index in [0.29, 0.717) is 5.75 Å². The molecule has 0 atom stereocenters. The number of aliphatic carboxylic acids is 1. The van der Waals surface area contributed by atoms with Crippen molar-refractivity contribution in [3.63, 3.8) is 0 Å². The number of ether oxygens (including phenoxy) is 1. The average molecular weight is 313 g/mol. The lowest BCUT2D eigenvalue weighted by Gasteiger charge is -2.07. The average Bonchev–Trinajstić information content (AvgIpc) is 2.83. The van der Waals surface area contributed by atoms with Gasteiger partial charge in [0, 0.05) is 11.0 Å². The number of carbonyl (C=O) groups is 1. The van der Waals surface area contributed by atoms with Gasteiger partial charge < -0.3 is 9.84 Å². The van der Waals surface area contributed by atoms with E-state index in [1.165, 1.54) is 35.6 Å². The van der Waals surface area contributed by atoms with Gasteiger partial charge in [-0.3, -0.25) is 0 Å². The Balaban J connectivity index is 2.08. The van der Waals surface area contributed by atoms with Crippen molar-refractivity contribution in [3.05, 3.63) is 57.0 Å². The van der Waals surface area contributed by atoms with Gasteiger partial charge in [-0.1, -0.05) is 11.6 Å². The predicted octanol–water partition coefficient (Wildman–Crippen LogP) is 4.22. The van der Waals surface area contributed by atoms with Crippen LogP contribution in [0.5, 0.6) is 5.75 Å². The van der Waals surface area contributed by atoms with E-state index >= 15 is 0 Å². The largest absolute Gasteiger partial charge is 0.486 e. The molecule has 1 heterocycles. The summed E-state index contributed by atoms with van der Waals surface area (Å²) in [5, 5.41) is 10.6. The molecule has 6 heteroatoms. The Hall–Kier alpha value is -1.85. The molecule has 0 aliphatic rings. The Morgan fingerprint density at radius 3 is 2.95 bits per heavy atom. The molecule has 0 saturated heterocycles. The lowest BCUT2D eigenvalue weighted by Crippen LogP contribution is -1.96. The molecule has 0 unspecified atom stereocenters. The number of halogens is 2. The van der Waals surface area contributed by atoms with E-state index in [1.54, 1.807) is 6.07 Å². The van der Waals surface area contributed by atoms with Crippen LogP contribution < -0.4 is 4.74 Å². The van der Waals surface area contributed by atoms with Gasteiger partial charge in [-0.05, 0) is 41.3 Å². The maximum Gasteiger partial charge on any atom is 0.328 e. The summed E-state index contributed by atoms with van der Waals surface area (Å²) in [5.41, 5.74) is 0.774. The molecule has 2 rings (SSSR count). The molecule has 1 aromatic heterocycles. The minimum absolute atomic E-state index is 0.198. The zero-order chi connectivity index (χ0) is 14.5. The summed E-state index contributed by atoms with van der Waals surface area (Å²) in [6.45, 7) is 0.238. The van der Waals surface area contributed by atoms with Crippen LogP contribution >= 0.6 is 22.9 Å². The van der Waals surface area contributed by atoms with Gasteiger partial charge in [-0.2, -0.15) is 0 Å². The van der Waals surface area contributed by atoms with E-state index in [2.05, 4.69) is 0 Å². The predicted molar refractivity (Wildman–Crippen MR) is 76.7 cm³/mol. The summed E-state index contributed by atoms with van der Waals surface area (Å²) < 4.78 is 18.4. The van der Waals surface area contributed by atoms with Crippen molar-refractivity contribution in [1.29, 1.82) is 0 Å². The van der Waals surface area contributed by atoms with Gasteiger partial charge in [0.1, 0.15) is 18.2 Å². The third-order valence-corrected chi connectivity index (χ3v) is 3.64. The van der Waals surface area contributed by atoms with Crippen LogP contribution in [0, 0.1) is 5.82 Å². The van der Waals surface area contributed by atoms with Gasteiger partial charge in [0.05, 0.1) is 5.02 Å². The minimum Gasteiger partial charge on any atom is -0.486 e. The quantitative estimate of drug-likeness (QED) is 0.841. The highest BCUT2D eigenvalue weighted by Crippen LogP contribution is 2.27. The Bertz CT molecular complexity index is 652. The van der Waals surface area contributed by atoms with E-state index < -0.39 is 11.8 Å². The van der Waals surface area contributed by atoms with Crippen LogP contribution in [0.3, 0.4) is 0 Å². The van der Waals surface area contributed by atoms with Gasteiger partial charge >= 0.3 is 5.97 Å². The van der Waals surface area contributed by atoms with Crippen LogP contribution in [-0.4, -0.2) is 11.1 Å². The van der Waals surface area contributed by atoms with Crippen molar-refractivity contribution in [2.75, 3.05) is 0 Å². The summed E-state index contributed by atoms with van der Waals surface area (Å²) in [7, 11) is 0. The second-order valence-electron chi connectivity index (χ2n) is 3.83. The van der Waals surface area contributed by atoms with Crippen LogP contribution in [0.4, 0.5) is 4.39 Å². The fourth-order valence-corrected chi connectivity index (χ4v) is 2.51. The molecule has 104 valence electrons. The second kappa shape index (κ2) is 6.54. The Morgan fingerprint density at radius 1 is 1.45 bits per heavy atom. The van der Waals surface area contributed by atoms with Gasteiger partial charge in [0.2, 0.25) is 0 Å². The SMILES string of the molecule is O=C(O)C=Cc1ccsc1COc1ccc(F)cc1Cl. The smallest absolute Gasteiger partial charge is 0.328 e. The lowest BCUT2D eigenvalue weighted by molar-refractivity contribution is -0.131. The molecule has 0 spiro atoms. The molecule has 20 heavy (non-hydrogen) atoms. The molecule has 0 aliphatic carbocycles. The molecule has 0 saturated carbocycles. The van der Waals surface area contributed by atoms with E-state index in [-0.39, 0.29) is 11.6 Å². The normalized spacial score (nSPS) is 10.9. The number of thiophene rings is 1. The molecule has 0 aliphatic heterocycles. The van der Waals surface area contributed by atoms with Gasteiger partial charge in [0.25, 0.3) is 0 Å². The van der Waals surface area contributed by atoms with E-state index in [1.807, 2.05) is 5.38 Å². The molecule has 0 radical (unpaired) electrons. The molecule has 1 aromatic carbocycles. The third-order valence-electron chi connectivity index (χ3n) is 2.44. The zero-order valence-corrected chi connectivity index (χ0v) is 11.7. The summed E-state index contributed by atoms with van der Waals surface area (Å²) in [5.74, 6) is -1.05. The molecule has 0 fully saturated rings. The molecule has 3 nitrogen and oxygen atoms in total. The first-order valence-corrected chi connectivity index (χ1v) is 6.87. The Morgan fingerprint density at radius 2 is 2.25 bits per heavy atom. The van der Waals surface area contributed by atoms with Crippen molar-refractivity contribution >= 4 is 35.0 Å². The summed E-state index contributed by atoms with van der Waals surface area (Å²) >= 11 is 7.30. The molecule has 1 N–H and O–H groups in total. The molecule has 2 aromatic rings. The monoisotopic (exact) mass is 312 g/mol. The number of benzene rings is 1. The highest BCUT2D eigenvalue weighted by molar-refractivity contribution is 7.10. The van der Waals surface area contributed by atoms with Crippen LogP contribution in [0.2, 0.25) is 5.02 Å². The number of hydrogen-bond acceptors (Lipinski definition) is 3. The fraction of sp³-hybridized carbons (Fsp3) is 0.0714. The summed E-state index contributed by atoms with van der Waals surface area (Å²) in [6, 6.07) is 5.70. The molecule has 0 bridgehead atoms. The van der Waals surface area contributed by atoms with E-state index in [4.69, 9.17) is 21.4 Å². The van der Waals surface area contributed by atoms with E-state index in [9.17, 15) is 9.18 Å². The van der Waals surface area contributed by atoms with Gasteiger partial charge in [-0.25, -0.2) is 9.18 Å². The standard InChI is InChI=1S/C14H10ClFO3S/c15-11-7-10(16)2-3-12(11)19-8-13-9(5-6-20-13)1-4-14(17)18/h1-7H,8H2,(H,17,18). The van der Waals surface area contributed by atoms with Gasteiger partial charge in [0.15, 0.2) is 0 Å². The first-order chi connectivity index (χ1) is 9.56. The van der Waals surface area contributed by atoms with Crippen molar-refractivity contribution in [2.45, 2.75) is 6.61 Å². The van der Waals surface area contributed by atoms with Crippen LogP contribution in [-0.2, 0) is 11.4 Å². The highest BCUT2D eigenvalue weighted by Gasteiger charge is 2.06. The first kappa shape index (κ1) is 14.6. The number of carboxylic acid groups (broad SMARTS) is 1. The van der Waals surface area contributed by atoms with E-state index in [0.717, 1.165) is 16.5 Å². The number of rotatable bonds is 5. The topological polar surface area (TPSA) is 46.5 Å². The summed E-state index contributed by atoms with van der Waals surface area (Å²) in [4.78, 5) is 11.4. The van der Waals surface area contributed by atoms with Crippen LogP contribution in [0.15, 0.2) is 35.7 Å². The molecule has 0 amide bonds. The van der Waals surface area contributed by atoms with Crippen LogP contribution in [0.1, 0.15) is 10.4 Å². The van der Waals surface area contributed by atoms with Crippen LogP contribution in [0.25, 0.3) is 6.08 Å². The van der Waals surface area contributed by atoms with Crippen molar-refractivity contribution in [3.8, 4) is 5.75 Å². The maximum absolute atomic E-state index is 12.9. The number of hydrogen-bond donors (Lipinski definition) is 1. The molecular formula is C14H10ClFO3S. The van der Waals surface area contributed by atoms with Crippen molar-refractivity contribution < 1.29 is 19.0 Å². The second-order valence-corrected chi connectivity index (χ2v) is 5.24. The van der Waals surface area contributed by atoms with Crippen molar-refractivity contribution in [2.24, 2.45) is 0 Å². The summed E-state index contributed by atoms with van der Waals surface area (Å²) in [6.07, 6.45) is 2.57. The molecular weight excluding hydrogens is 303 g/mol. The Kier molecular flexibility index (Phi) is 4.76. The number of carboxylic acids is 1. The zero-order valence-electron chi connectivity index (χ0n) is 10.2.